The third-order valence-corrected chi connectivity index (χ3v) is 9.51. The summed E-state index contributed by atoms with van der Waals surface area (Å²) in [6.45, 7) is 4.26. The van der Waals surface area contributed by atoms with Gasteiger partial charge in [0.2, 0.25) is 15.9 Å². The highest BCUT2D eigenvalue weighted by atomic mass is 35.5. The molecule has 10 heteroatoms. The van der Waals surface area contributed by atoms with Crippen LogP contribution in [0.4, 0.5) is 5.69 Å². The number of rotatable bonds is 8. The molecule has 0 atom stereocenters. The van der Waals surface area contributed by atoms with Gasteiger partial charge in [-0.2, -0.15) is 4.31 Å². The molecule has 2 aliphatic rings. The number of ether oxygens (including phenoxy) is 2. The minimum atomic E-state index is -3.93. The third kappa shape index (κ3) is 6.16. The number of benzene rings is 2. The predicted molar refractivity (Wildman–Crippen MR) is 145 cm³/mol. The van der Waals surface area contributed by atoms with Crippen LogP contribution in [0.3, 0.4) is 0 Å². The first-order valence-electron chi connectivity index (χ1n) is 12.8. The molecule has 4 rings (SSSR count). The average Bonchev–Trinajstić information content (AvgIpc) is 2.92. The van der Waals surface area contributed by atoms with Crippen molar-refractivity contribution < 1.29 is 22.7 Å². The van der Waals surface area contributed by atoms with Gasteiger partial charge in [0.05, 0.1) is 25.7 Å². The van der Waals surface area contributed by atoms with E-state index in [1.165, 1.54) is 30.7 Å². The maximum Gasteiger partial charge on any atom is 0.243 e. The topological polar surface area (TPSA) is 79.4 Å². The molecule has 2 fully saturated rings. The Balaban J connectivity index is 1.52. The van der Waals surface area contributed by atoms with Crippen molar-refractivity contribution in [1.29, 1.82) is 0 Å². The lowest BCUT2D eigenvalue weighted by Gasteiger charge is -2.39. The van der Waals surface area contributed by atoms with Crippen LogP contribution in [0.1, 0.15) is 37.7 Å². The number of carbonyl (C=O) groups is 1. The Morgan fingerprint density at radius 1 is 0.973 bits per heavy atom. The number of amides is 1. The molecular formula is C27H36ClN3O5S. The number of anilines is 1. The molecule has 1 aliphatic heterocycles. The summed E-state index contributed by atoms with van der Waals surface area (Å²) in [4.78, 5) is 17.6. The second-order valence-electron chi connectivity index (χ2n) is 9.66. The summed E-state index contributed by atoms with van der Waals surface area (Å²) >= 11 is 6.21. The van der Waals surface area contributed by atoms with E-state index in [4.69, 9.17) is 21.1 Å². The van der Waals surface area contributed by atoms with Crippen molar-refractivity contribution in [2.75, 3.05) is 51.8 Å². The zero-order chi connectivity index (χ0) is 26.6. The van der Waals surface area contributed by atoms with Gasteiger partial charge in [-0.25, -0.2) is 8.42 Å². The van der Waals surface area contributed by atoms with Crippen LogP contribution < -0.4 is 14.4 Å². The van der Waals surface area contributed by atoms with E-state index in [9.17, 15) is 13.2 Å². The van der Waals surface area contributed by atoms with Gasteiger partial charge in [-0.1, -0.05) is 36.9 Å². The maximum absolute atomic E-state index is 13.9. The highest BCUT2D eigenvalue weighted by Crippen LogP contribution is 2.33. The molecule has 0 spiro atoms. The first-order valence-corrected chi connectivity index (χ1v) is 14.6. The number of hydrogen-bond acceptors (Lipinski definition) is 6. The van der Waals surface area contributed by atoms with Crippen LogP contribution in [0.2, 0.25) is 5.02 Å². The van der Waals surface area contributed by atoms with Gasteiger partial charge >= 0.3 is 0 Å². The standard InChI is InChI=1S/C27H36ClN3O5S/c1-20-9-10-21(28)17-24(20)29-13-15-30(16-14-29)27(32)19-31(22-7-5-4-6-8-22)37(33,34)23-11-12-25(35-2)26(18-23)36-3/h9-12,17-18,22H,4-8,13-16,19H2,1-3H3. The van der Waals surface area contributed by atoms with Crippen LogP contribution in [0, 0.1) is 6.92 Å². The lowest BCUT2D eigenvalue weighted by atomic mass is 9.95. The molecule has 0 bridgehead atoms. The van der Waals surface area contributed by atoms with Crippen molar-refractivity contribution in [3.63, 3.8) is 0 Å². The van der Waals surface area contributed by atoms with E-state index in [0.29, 0.717) is 42.7 Å². The van der Waals surface area contributed by atoms with Crippen LogP contribution in [-0.2, 0) is 14.8 Å². The minimum Gasteiger partial charge on any atom is -0.493 e. The van der Waals surface area contributed by atoms with Crippen LogP contribution in [0.25, 0.3) is 0 Å². The molecule has 1 amide bonds. The van der Waals surface area contributed by atoms with E-state index in [-0.39, 0.29) is 23.4 Å². The third-order valence-electron chi connectivity index (χ3n) is 7.38. The summed E-state index contributed by atoms with van der Waals surface area (Å²) in [5, 5.41) is 0.683. The number of piperazine rings is 1. The minimum absolute atomic E-state index is 0.102. The molecule has 0 aromatic heterocycles. The molecule has 1 aliphatic carbocycles. The number of methoxy groups -OCH3 is 2. The molecule has 1 saturated heterocycles. The van der Waals surface area contributed by atoms with Crippen molar-refractivity contribution >= 4 is 33.2 Å². The first-order chi connectivity index (χ1) is 17.7. The van der Waals surface area contributed by atoms with E-state index in [1.54, 1.807) is 11.0 Å². The van der Waals surface area contributed by atoms with Gasteiger partial charge in [-0.15, -0.1) is 0 Å². The highest BCUT2D eigenvalue weighted by Gasteiger charge is 2.36. The van der Waals surface area contributed by atoms with Gasteiger partial charge in [-0.3, -0.25) is 4.79 Å². The Kier molecular flexibility index (Phi) is 8.87. The number of carbonyl (C=O) groups excluding carboxylic acids is 1. The van der Waals surface area contributed by atoms with Crippen molar-refractivity contribution in [1.82, 2.24) is 9.21 Å². The Labute approximate surface area is 225 Å². The van der Waals surface area contributed by atoms with Crippen molar-refractivity contribution in [3.8, 4) is 11.5 Å². The monoisotopic (exact) mass is 549 g/mol. The second-order valence-corrected chi connectivity index (χ2v) is 12.0. The Bertz CT molecular complexity index is 1210. The Morgan fingerprint density at radius 3 is 2.30 bits per heavy atom. The highest BCUT2D eigenvalue weighted by molar-refractivity contribution is 7.89. The number of halogens is 1. The van der Waals surface area contributed by atoms with Crippen LogP contribution in [0.5, 0.6) is 11.5 Å². The normalized spacial score (nSPS) is 17.2. The smallest absolute Gasteiger partial charge is 0.243 e. The molecule has 2 aromatic carbocycles. The van der Waals surface area contributed by atoms with Gasteiger partial charge in [0.25, 0.3) is 0 Å². The fourth-order valence-corrected chi connectivity index (χ4v) is 7.06. The molecule has 0 radical (unpaired) electrons. The Hall–Kier alpha value is -2.49. The number of hydrogen-bond donors (Lipinski definition) is 0. The van der Waals surface area contributed by atoms with E-state index >= 15 is 0 Å². The van der Waals surface area contributed by atoms with Crippen molar-refractivity contribution in [3.05, 3.63) is 47.0 Å². The first kappa shape index (κ1) is 27.5. The number of aryl methyl sites for hydroxylation is 1. The summed E-state index contributed by atoms with van der Waals surface area (Å²) in [6.07, 6.45) is 4.49. The summed E-state index contributed by atoms with van der Waals surface area (Å²) in [5.41, 5.74) is 2.20. The maximum atomic E-state index is 13.9. The molecule has 1 heterocycles. The van der Waals surface area contributed by atoms with Crippen LogP contribution >= 0.6 is 11.6 Å². The van der Waals surface area contributed by atoms with E-state index in [2.05, 4.69) is 4.90 Å². The second kappa shape index (κ2) is 11.9. The molecular weight excluding hydrogens is 514 g/mol. The molecule has 0 unspecified atom stereocenters. The number of nitrogens with zero attached hydrogens (tertiary/aromatic N) is 3. The molecule has 37 heavy (non-hydrogen) atoms. The summed E-state index contributed by atoms with van der Waals surface area (Å²) in [5.74, 6) is 0.623. The lowest BCUT2D eigenvalue weighted by molar-refractivity contribution is -0.132. The average molecular weight is 550 g/mol. The van der Waals surface area contributed by atoms with Gasteiger partial charge in [0.1, 0.15) is 0 Å². The summed E-state index contributed by atoms with van der Waals surface area (Å²) < 4.78 is 39.8. The van der Waals surface area contributed by atoms with E-state index in [0.717, 1.165) is 43.4 Å². The predicted octanol–water partition coefficient (Wildman–Crippen LogP) is 4.34. The molecule has 8 nitrogen and oxygen atoms in total. The number of sulfonamides is 1. The van der Waals surface area contributed by atoms with Crippen molar-refractivity contribution in [2.45, 2.75) is 50.0 Å². The van der Waals surface area contributed by atoms with Gasteiger partial charge in [0.15, 0.2) is 11.5 Å². The van der Waals surface area contributed by atoms with Crippen LogP contribution in [-0.4, -0.2) is 76.5 Å². The molecule has 2 aromatic rings. The van der Waals surface area contributed by atoms with E-state index in [1.807, 2.05) is 25.1 Å². The summed E-state index contributed by atoms with van der Waals surface area (Å²) in [7, 11) is -0.951. The molecule has 0 N–H and O–H groups in total. The zero-order valence-corrected chi connectivity index (χ0v) is 23.4. The largest absolute Gasteiger partial charge is 0.493 e. The fourth-order valence-electron chi connectivity index (χ4n) is 5.25. The lowest BCUT2D eigenvalue weighted by Crippen LogP contribution is -2.53. The van der Waals surface area contributed by atoms with Crippen LogP contribution in [0.15, 0.2) is 41.3 Å². The van der Waals surface area contributed by atoms with Gasteiger partial charge < -0.3 is 19.3 Å². The van der Waals surface area contributed by atoms with Gasteiger partial charge in [0, 0.05) is 49.0 Å². The molecule has 1 saturated carbocycles. The zero-order valence-electron chi connectivity index (χ0n) is 21.8. The summed E-state index contributed by atoms with van der Waals surface area (Å²) in [6, 6.07) is 10.2. The quantitative estimate of drug-likeness (QED) is 0.487. The van der Waals surface area contributed by atoms with E-state index < -0.39 is 10.0 Å². The Morgan fingerprint density at radius 2 is 1.65 bits per heavy atom. The fraction of sp³-hybridized carbons (Fsp3) is 0.519. The van der Waals surface area contributed by atoms with Gasteiger partial charge in [-0.05, 0) is 49.6 Å². The molecule has 202 valence electrons. The van der Waals surface area contributed by atoms with Crippen molar-refractivity contribution in [2.24, 2.45) is 0 Å². The SMILES string of the molecule is COc1ccc(S(=O)(=O)N(CC(=O)N2CCN(c3cc(Cl)ccc3C)CC2)C2CCCCC2)cc1OC.